The lowest BCUT2D eigenvalue weighted by molar-refractivity contribution is 0.0733. The average Bonchev–Trinajstić information content (AvgIpc) is 3.02. The quantitative estimate of drug-likeness (QED) is 0.384. The van der Waals surface area contributed by atoms with Crippen LogP contribution < -0.4 is 9.47 Å². The number of carbonyl (C=O) groups excluding carboxylic acids is 2. The number of pyridine rings is 1. The highest BCUT2D eigenvalue weighted by Gasteiger charge is 2.30. The van der Waals surface area contributed by atoms with Crippen LogP contribution in [0.1, 0.15) is 37.5 Å². The largest absolute Gasteiger partial charge is 0.452 e. The number of hydrogen-bond donors (Lipinski definition) is 0. The fraction of sp³-hybridized carbons (Fsp3) is 0.0870. The molecular weight excluding hydrogens is 354 g/mol. The molecule has 0 saturated heterocycles. The summed E-state index contributed by atoms with van der Waals surface area (Å²) in [6, 6.07) is 15.8. The normalized spacial score (nSPS) is 13.9. The molecule has 4 rings (SSSR count). The van der Waals surface area contributed by atoms with E-state index in [4.69, 9.17) is 9.47 Å². The highest BCUT2D eigenvalue weighted by atomic mass is 16.5. The second-order valence-corrected chi connectivity index (χ2v) is 6.52. The molecule has 0 N–H and O–H groups in total. The van der Waals surface area contributed by atoms with Gasteiger partial charge in [0.1, 0.15) is 11.5 Å². The summed E-state index contributed by atoms with van der Waals surface area (Å²) >= 11 is 0. The van der Waals surface area contributed by atoms with Gasteiger partial charge in [0.15, 0.2) is 5.76 Å². The van der Waals surface area contributed by atoms with Crippen molar-refractivity contribution in [3.05, 3.63) is 94.5 Å². The highest BCUT2D eigenvalue weighted by molar-refractivity contribution is 6.14. The maximum Gasteiger partial charge on any atom is 0.343 e. The van der Waals surface area contributed by atoms with Crippen molar-refractivity contribution < 1.29 is 19.1 Å². The summed E-state index contributed by atoms with van der Waals surface area (Å²) in [5.41, 5.74) is 3.18. The molecule has 28 heavy (non-hydrogen) atoms. The van der Waals surface area contributed by atoms with Crippen LogP contribution in [0.25, 0.3) is 6.08 Å². The first-order chi connectivity index (χ1) is 13.5. The van der Waals surface area contributed by atoms with Crippen molar-refractivity contribution in [3.63, 3.8) is 0 Å². The molecule has 1 aromatic heterocycles. The van der Waals surface area contributed by atoms with Gasteiger partial charge in [-0.2, -0.15) is 0 Å². The molecule has 0 atom stereocenters. The number of rotatable bonds is 3. The molecule has 0 aliphatic carbocycles. The number of aromatic nitrogens is 1. The van der Waals surface area contributed by atoms with Gasteiger partial charge in [-0.25, -0.2) is 4.79 Å². The minimum Gasteiger partial charge on any atom is -0.452 e. The van der Waals surface area contributed by atoms with E-state index in [9.17, 15) is 9.59 Å². The second-order valence-electron chi connectivity index (χ2n) is 6.52. The lowest BCUT2D eigenvalue weighted by Gasteiger charge is -2.10. The molecule has 0 unspecified atom stereocenters. The predicted molar refractivity (Wildman–Crippen MR) is 104 cm³/mol. The third-order valence-corrected chi connectivity index (χ3v) is 4.49. The number of benzene rings is 2. The van der Waals surface area contributed by atoms with Gasteiger partial charge in [-0.3, -0.25) is 9.78 Å². The average molecular weight is 371 g/mol. The molecule has 2 heterocycles. The number of Topliss-reactive ketones (excluding diaryl/α,β-unsaturated/α-hetero) is 1. The van der Waals surface area contributed by atoms with Crippen LogP contribution in [0.3, 0.4) is 0 Å². The Morgan fingerprint density at radius 1 is 1.04 bits per heavy atom. The second kappa shape index (κ2) is 7.12. The fourth-order valence-corrected chi connectivity index (χ4v) is 2.92. The van der Waals surface area contributed by atoms with Crippen molar-refractivity contribution in [3.8, 4) is 11.5 Å². The molecule has 5 nitrogen and oxygen atoms in total. The zero-order valence-electron chi connectivity index (χ0n) is 15.4. The summed E-state index contributed by atoms with van der Waals surface area (Å²) in [6.07, 6.45) is 3.24. The van der Waals surface area contributed by atoms with Crippen LogP contribution in [-0.2, 0) is 0 Å². The van der Waals surface area contributed by atoms with Gasteiger partial charge in [-0.1, -0.05) is 23.8 Å². The summed E-state index contributed by atoms with van der Waals surface area (Å²) in [4.78, 5) is 29.2. The van der Waals surface area contributed by atoms with Crippen molar-refractivity contribution in [2.45, 2.75) is 13.8 Å². The van der Waals surface area contributed by atoms with E-state index in [1.54, 1.807) is 55.6 Å². The van der Waals surface area contributed by atoms with E-state index in [-0.39, 0.29) is 11.5 Å². The van der Waals surface area contributed by atoms with Crippen molar-refractivity contribution in [1.82, 2.24) is 4.98 Å². The minimum atomic E-state index is -0.461. The maximum atomic E-state index is 12.6. The molecule has 0 saturated carbocycles. The number of ketones is 1. The number of esters is 1. The Balaban J connectivity index is 1.61. The summed E-state index contributed by atoms with van der Waals surface area (Å²) in [7, 11) is 0. The van der Waals surface area contributed by atoms with Crippen molar-refractivity contribution in [2.75, 3.05) is 0 Å². The molecule has 5 heteroatoms. The third-order valence-electron chi connectivity index (χ3n) is 4.49. The van der Waals surface area contributed by atoms with Crippen LogP contribution in [0.15, 0.2) is 66.6 Å². The summed E-state index contributed by atoms with van der Waals surface area (Å²) in [5.74, 6) is 0.271. The number of hydrogen-bond acceptors (Lipinski definition) is 5. The SMILES string of the molecule is Cc1ccc(C(=O)Oc2ccc3c(c2C)O/C(=C\c2ccccn2)C3=O)cc1. The number of carbonyl (C=O) groups is 2. The monoisotopic (exact) mass is 371 g/mol. The molecule has 1 aliphatic rings. The lowest BCUT2D eigenvalue weighted by atomic mass is 10.1. The molecule has 0 bridgehead atoms. The first kappa shape index (κ1) is 17.7. The topological polar surface area (TPSA) is 65.5 Å². The first-order valence-electron chi connectivity index (χ1n) is 8.80. The number of ether oxygens (including phenoxy) is 2. The maximum absolute atomic E-state index is 12.6. The van der Waals surface area contributed by atoms with Gasteiger partial charge in [0.25, 0.3) is 0 Å². The minimum absolute atomic E-state index is 0.193. The molecular formula is C23H17NO4. The Morgan fingerprint density at radius 2 is 1.82 bits per heavy atom. The number of aryl methyl sites for hydroxylation is 1. The van der Waals surface area contributed by atoms with Gasteiger partial charge in [-0.05, 0) is 50.2 Å². The lowest BCUT2D eigenvalue weighted by Crippen LogP contribution is -2.09. The van der Waals surface area contributed by atoms with E-state index in [1.165, 1.54) is 0 Å². The predicted octanol–water partition coefficient (Wildman–Crippen LogP) is 4.53. The number of fused-ring (bicyclic) bond motifs is 1. The smallest absolute Gasteiger partial charge is 0.343 e. The Bertz CT molecular complexity index is 1100. The Hall–Kier alpha value is -3.73. The summed E-state index contributed by atoms with van der Waals surface area (Å²) < 4.78 is 11.3. The Morgan fingerprint density at radius 3 is 2.54 bits per heavy atom. The van der Waals surface area contributed by atoms with Crippen LogP contribution in [-0.4, -0.2) is 16.7 Å². The van der Waals surface area contributed by atoms with E-state index < -0.39 is 5.97 Å². The van der Waals surface area contributed by atoms with Crippen LogP contribution >= 0.6 is 0 Å². The van der Waals surface area contributed by atoms with Gasteiger partial charge >= 0.3 is 5.97 Å². The van der Waals surface area contributed by atoms with Crippen LogP contribution in [0.4, 0.5) is 0 Å². The Kier molecular flexibility index (Phi) is 4.49. The standard InChI is InChI=1S/C23H17NO4/c1-14-6-8-16(9-7-14)23(26)28-19-11-10-18-21(25)20(27-22(18)15(19)2)13-17-5-3-4-12-24-17/h3-13H,1-2H3/b20-13-. The molecule has 0 amide bonds. The molecule has 3 aromatic rings. The van der Waals surface area contributed by atoms with E-state index in [0.717, 1.165) is 5.56 Å². The summed E-state index contributed by atoms with van der Waals surface area (Å²) in [6.45, 7) is 3.71. The molecule has 138 valence electrons. The molecule has 1 aliphatic heterocycles. The van der Waals surface area contributed by atoms with E-state index in [1.807, 2.05) is 25.1 Å². The van der Waals surface area contributed by atoms with Gasteiger partial charge in [0, 0.05) is 17.8 Å². The first-order valence-corrected chi connectivity index (χ1v) is 8.80. The van der Waals surface area contributed by atoms with Gasteiger partial charge in [0.2, 0.25) is 5.78 Å². The van der Waals surface area contributed by atoms with Crippen LogP contribution in [0.2, 0.25) is 0 Å². The van der Waals surface area contributed by atoms with E-state index in [2.05, 4.69) is 4.98 Å². The summed E-state index contributed by atoms with van der Waals surface area (Å²) in [5, 5.41) is 0. The zero-order valence-corrected chi connectivity index (χ0v) is 15.4. The number of allylic oxidation sites excluding steroid dienone is 1. The van der Waals surface area contributed by atoms with E-state index >= 15 is 0 Å². The molecule has 0 radical (unpaired) electrons. The Labute approximate surface area is 162 Å². The molecule has 2 aromatic carbocycles. The van der Waals surface area contributed by atoms with Gasteiger partial charge in [0.05, 0.1) is 16.8 Å². The van der Waals surface area contributed by atoms with Crippen molar-refractivity contribution >= 4 is 17.8 Å². The zero-order chi connectivity index (χ0) is 19.7. The van der Waals surface area contributed by atoms with Gasteiger partial charge < -0.3 is 9.47 Å². The van der Waals surface area contributed by atoms with Crippen molar-refractivity contribution in [2.24, 2.45) is 0 Å². The third kappa shape index (κ3) is 3.30. The molecule has 0 fully saturated rings. The van der Waals surface area contributed by atoms with Gasteiger partial charge in [-0.15, -0.1) is 0 Å². The van der Waals surface area contributed by atoms with Crippen molar-refractivity contribution in [1.29, 1.82) is 0 Å². The van der Waals surface area contributed by atoms with Crippen LogP contribution in [0.5, 0.6) is 11.5 Å². The molecule has 0 spiro atoms. The highest BCUT2D eigenvalue weighted by Crippen LogP contribution is 2.39. The fourth-order valence-electron chi connectivity index (χ4n) is 2.92. The number of nitrogens with zero attached hydrogens (tertiary/aromatic N) is 1. The van der Waals surface area contributed by atoms with Crippen LogP contribution in [0, 0.1) is 13.8 Å². The van der Waals surface area contributed by atoms with E-state index in [0.29, 0.717) is 33.9 Å².